The van der Waals surface area contributed by atoms with Gasteiger partial charge >= 0.3 is 0 Å². The van der Waals surface area contributed by atoms with Gasteiger partial charge in [-0.1, -0.05) is 29.5 Å². The van der Waals surface area contributed by atoms with Gasteiger partial charge in [-0.25, -0.2) is 4.98 Å². The number of rotatable bonds is 3. The van der Waals surface area contributed by atoms with Crippen LogP contribution in [-0.2, 0) is 7.05 Å². The fraction of sp³-hybridized carbons (Fsp3) is 0.300. The number of nitrogens with one attached hydrogen (secondary N) is 1. The fourth-order valence-electron chi connectivity index (χ4n) is 3.39. The molecule has 0 aliphatic carbocycles. The molecule has 0 atom stereocenters. The van der Waals surface area contributed by atoms with Gasteiger partial charge in [-0.15, -0.1) is 5.11 Å². The van der Waals surface area contributed by atoms with Crippen molar-refractivity contribution < 1.29 is 0 Å². The number of piperidine rings is 1. The molecular weight excluding hydrogens is 324 g/mol. The van der Waals surface area contributed by atoms with Crippen LogP contribution in [0.5, 0.6) is 0 Å². The van der Waals surface area contributed by atoms with Crippen molar-refractivity contribution in [2.45, 2.75) is 19.3 Å². The summed E-state index contributed by atoms with van der Waals surface area (Å²) in [5.41, 5.74) is 2.91. The summed E-state index contributed by atoms with van der Waals surface area (Å²) in [7, 11) is 1.97. The Balaban J connectivity index is 1.79. The topological polar surface area (TPSA) is 69.6 Å². The Labute approximate surface area is 152 Å². The first-order valence-electron chi connectivity index (χ1n) is 9.00. The molecule has 3 aromatic rings. The van der Waals surface area contributed by atoms with E-state index in [9.17, 15) is 0 Å². The highest BCUT2D eigenvalue weighted by molar-refractivity contribution is 5.81. The second kappa shape index (κ2) is 7.07. The first-order chi connectivity index (χ1) is 12.7. The van der Waals surface area contributed by atoms with Gasteiger partial charge in [-0.3, -0.25) is 10.4 Å². The third kappa shape index (κ3) is 3.10. The van der Waals surface area contributed by atoms with Gasteiger partial charge in [0, 0.05) is 31.1 Å². The highest BCUT2D eigenvalue weighted by Crippen LogP contribution is 2.29. The van der Waals surface area contributed by atoms with Gasteiger partial charge in [0.2, 0.25) is 0 Å². The van der Waals surface area contributed by atoms with Crippen LogP contribution < -0.4 is 5.49 Å². The van der Waals surface area contributed by atoms with Crippen LogP contribution in [0.25, 0.3) is 22.3 Å². The van der Waals surface area contributed by atoms with E-state index in [2.05, 4.69) is 15.3 Å². The maximum atomic E-state index is 8.30. The lowest BCUT2D eigenvalue weighted by molar-refractivity contribution is 0.224. The summed E-state index contributed by atoms with van der Waals surface area (Å²) in [4.78, 5) is 4.54. The molecular formula is C20H22N6. The number of hydrogen-bond acceptors (Lipinski definition) is 4. The van der Waals surface area contributed by atoms with Crippen molar-refractivity contribution in [3.8, 4) is 11.4 Å². The molecule has 1 N–H and O–H groups in total. The lowest BCUT2D eigenvalue weighted by atomic mass is 10.1. The molecule has 0 unspecified atom stereocenters. The number of fused-ring (bicyclic) bond motifs is 1. The van der Waals surface area contributed by atoms with Crippen molar-refractivity contribution in [2.75, 3.05) is 13.1 Å². The molecule has 1 aliphatic heterocycles. The van der Waals surface area contributed by atoms with Crippen LogP contribution in [0, 0.1) is 5.41 Å². The van der Waals surface area contributed by atoms with E-state index in [1.165, 1.54) is 19.3 Å². The zero-order valence-corrected chi connectivity index (χ0v) is 14.9. The summed E-state index contributed by atoms with van der Waals surface area (Å²) in [6.45, 7) is 1.93. The Hall–Kier alpha value is -3.02. The highest BCUT2D eigenvalue weighted by Gasteiger charge is 2.13. The molecule has 1 aromatic heterocycles. The minimum Gasteiger partial charge on any atom is -0.328 e. The van der Waals surface area contributed by atoms with E-state index >= 15 is 0 Å². The van der Waals surface area contributed by atoms with Gasteiger partial charge in [0.15, 0.2) is 5.49 Å². The molecule has 0 amide bonds. The summed E-state index contributed by atoms with van der Waals surface area (Å²) in [6.07, 6.45) is 3.61. The third-order valence-electron chi connectivity index (χ3n) is 4.81. The van der Waals surface area contributed by atoms with E-state index in [4.69, 9.17) is 5.41 Å². The zero-order valence-electron chi connectivity index (χ0n) is 14.9. The summed E-state index contributed by atoms with van der Waals surface area (Å²) in [6, 6.07) is 15.7. The summed E-state index contributed by atoms with van der Waals surface area (Å²) in [5, 5.41) is 20.1. The first kappa shape index (κ1) is 16.4. The van der Waals surface area contributed by atoms with Crippen LogP contribution in [0.2, 0.25) is 0 Å². The molecule has 1 saturated heterocycles. The minimum atomic E-state index is 0.275. The van der Waals surface area contributed by atoms with Crippen molar-refractivity contribution in [2.24, 2.45) is 17.4 Å². The molecule has 0 bridgehead atoms. The third-order valence-corrected chi connectivity index (χ3v) is 4.81. The second-order valence-corrected chi connectivity index (χ2v) is 6.58. The Bertz CT molecular complexity index is 1010. The molecule has 0 radical (unpaired) electrons. The van der Waals surface area contributed by atoms with E-state index in [0.717, 1.165) is 41.1 Å². The smallest absolute Gasteiger partial charge is 0.156 e. The molecule has 2 heterocycles. The predicted molar refractivity (Wildman–Crippen MR) is 102 cm³/mol. The molecule has 1 aliphatic rings. The quantitative estimate of drug-likeness (QED) is 0.722. The lowest BCUT2D eigenvalue weighted by Crippen LogP contribution is -2.23. The standard InChI is InChI=1S/C20H22N6/c1-25-18-12-6-4-10-16(18)19(21)22-20(25)15-9-3-5-11-17(15)23-24-26-13-7-2-8-14-26/h3-6,9-12,21H,2,7-8,13-14H2,1H3. The highest BCUT2D eigenvalue weighted by atomic mass is 15.5. The first-order valence-corrected chi connectivity index (χ1v) is 9.00. The van der Waals surface area contributed by atoms with Gasteiger partial charge < -0.3 is 4.57 Å². The number of aromatic nitrogens is 2. The molecule has 0 spiro atoms. The number of benzene rings is 2. The van der Waals surface area contributed by atoms with Gasteiger partial charge in [0.1, 0.15) is 5.82 Å². The average Bonchev–Trinajstić information content (AvgIpc) is 2.70. The van der Waals surface area contributed by atoms with Crippen molar-refractivity contribution in [1.82, 2.24) is 14.6 Å². The van der Waals surface area contributed by atoms with Gasteiger partial charge in [0.25, 0.3) is 0 Å². The van der Waals surface area contributed by atoms with E-state index in [-0.39, 0.29) is 5.49 Å². The van der Waals surface area contributed by atoms with Crippen LogP contribution >= 0.6 is 0 Å². The number of para-hydroxylation sites is 1. The van der Waals surface area contributed by atoms with Crippen LogP contribution in [0.3, 0.4) is 0 Å². The maximum absolute atomic E-state index is 8.30. The van der Waals surface area contributed by atoms with Crippen molar-refractivity contribution in [3.63, 3.8) is 0 Å². The SMILES string of the molecule is Cn1c(-c2ccccc2N=NN2CCCCC2)nc(=N)c2ccccc21. The van der Waals surface area contributed by atoms with Crippen LogP contribution in [0.1, 0.15) is 19.3 Å². The van der Waals surface area contributed by atoms with Gasteiger partial charge in [0.05, 0.1) is 11.2 Å². The Morgan fingerprint density at radius 3 is 2.54 bits per heavy atom. The summed E-state index contributed by atoms with van der Waals surface area (Å²) in [5.74, 6) is 0.724. The van der Waals surface area contributed by atoms with Crippen molar-refractivity contribution >= 4 is 16.6 Å². The number of aryl methyl sites for hydroxylation is 1. The van der Waals surface area contributed by atoms with E-state index in [1.807, 2.05) is 65.2 Å². The van der Waals surface area contributed by atoms with Crippen LogP contribution in [0.15, 0.2) is 58.9 Å². The second-order valence-electron chi connectivity index (χ2n) is 6.58. The van der Waals surface area contributed by atoms with Gasteiger partial charge in [-0.05, 0) is 43.5 Å². The Kier molecular flexibility index (Phi) is 4.48. The predicted octanol–water partition coefficient (Wildman–Crippen LogP) is 4.20. The van der Waals surface area contributed by atoms with Crippen molar-refractivity contribution in [3.05, 3.63) is 54.0 Å². The number of nitrogens with zero attached hydrogens (tertiary/aromatic N) is 5. The molecule has 132 valence electrons. The maximum Gasteiger partial charge on any atom is 0.156 e. The monoisotopic (exact) mass is 346 g/mol. The molecule has 6 heteroatoms. The molecule has 4 rings (SSSR count). The van der Waals surface area contributed by atoms with E-state index in [1.54, 1.807) is 0 Å². The molecule has 6 nitrogen and oxygen atoms in total. The van der Waals surface area contributed by atoms with Crippen LogP contribution in [-0.4, -0.2) is 27.6 Å². The normalized spacial score (nSPS) is 15.0. The average molecular weight is 346 g/mol. The molecule has 2 aromatic carbocycles. The van der Waals surface area contributed by atoms with Crippen molar-refractivity contribution in [1.29, 1.82) is 5.41 Å². The lowest BCUT2D eigenvalue weighted by Gasteiger charge is -2.22. The summed E-state index contributed by atoms with van der Waals surface area (Å²) >= 11 is 0. The Morgan fingerprint density at radius 1 is 0.962 bits per heavy atom. The van der Waals surface area contributed by atoms with Crippen LogP contribution in [0.4, 0.5) is 5.69 Å². The minimum absolute atomic E-state index is 0.275. The zero-order chi connectivity index (χ0) is 17.9. The molecule has 1 fully saturated rings. The largest absolute Gasteiger partial charge is 0.328 e. The van der Waals surface area contributed by atoms with E-state index in [0.29, 0.717) is 0 Å². The molecule has 26 heavy (non-hydrogen) atoms. The van der Waals surface area contributed by atoms with Gasteiger partial charge in [-0.2, -0.15) is 0 Å². The van der Waals surface area contributed by atoms with E-state index < -0.39 is 0 Å². The molecule has 0 saturated carbocycles. The summed E-state index contributed by atoms with van der Waals surface area (Å²) < 4.78 is 2.02. The Morgan fingerprint density at radius 2 is 1.69 bits per heavy atom. The fourth-order valence-corrected chi connectivity index (χ4v) is 3.39. The number of hydrogen-bond donors (Lipinski definition) is 1.